The zero-order valence-electron chi connectivity index (χ0n) is 11.4. The van der Waals surface area contributed by atoms with E-state index in [4.69, 9.17) is 0 Å². The van der Waals surface area contributed by atoms with Crippen LogP contribution in [-0.2, 0) is 0 Å². The summed E-state index contributed by atoms with van der Waals surface area (Å²) in [7, 11) is 0. The van der Waals surface area contributed by atoms with Gasteiger partial charge in [0, 0.05) is 12.6 Å². The average Bonchev–Trinajstić information content (AvgIpc) is 2.40. The van der Waals surface area contributed by atoms with E-state index in [1.54, 1.807) is 6.20 Å². The third-order valence-electron chi connectivity index (χ3n) is 3.64. The molecule has 0 spiro atoms. The van der Waals surface area contributed by atoms with Gasteiger partial charge in [0.2, 0.25) is 0 Å². The molecule has 2 atom stereocenters. The van der Waals surface area contributed by atoms with Crippen LogP contribution in [0.2, 0.25) is 0 Å². The van der Waals surface area contributed by atoms with Crippen molar-refractivity contribution in [2.24, 2.45) is 5.92 Å². The summed E-state index contributed by atoms with van der Waals surface area (Å²) in [6.45, 7) is 5.41. The van der Waals surface area contributed by atoms with E-state index in [2.05, 4.69) is 34.4 Å². The quantitative estimate of drug-likeness (QED) is 0.839. The lowest BCUT2D eigenvalue weighted by molar-refractivity contribution is 0.349. The van der Waals surface area contributed by atoms with E-state index >= 15 is 0 Å². The Morgan fingerprint density at radius 2 is 2.00 bits per heavy atom. The van der Waals surface area contributed by atoms with E-state index in [9.17, 15) is 0 Å². The number of nitrogens with zero attached hydrogens (tertiary/aromatic N) is 2. The van der Waals surface area contributed by atoms with Crippen molar-refractivity contribution in [2.45, 2.75) is 52.0 Å². The van der Waals surface area contributed by atoms with Crippen molar-refractivity contribution < 1.29 is 0 Å². The predicted molar refractivity (Wildman–Crippen MR) is 75.9 cm³/mol. The SMILES string of the molecule is CCCNc1cncc(NC2CCCCC2C)n1. The van der Waals surface area contributed by atoms with Crippen molar-refractivity contribution >= 4 is 11.6 Å². The summed E-state index contributed by atoms with van der Waals surface area (Å²) >= 11 is 0. The molecule has 2 unspecified atom stereocenters. The lowest BCUT2D eigenvalue weighted by atomic mass is 9.86. The number of anilines is 2. The third-order valence-corrected chi connectivity index (χ3v) is 3.64. The standard InChI is InChI=1S/C14H24N4/c1-3-8-16-13-9-15-10-14(18-13)17-12-7-5-4-6-11(12)2/h9-12H,3-8H2,1-2H3,(H2,16,17,18). The molecule has 4 heteroatoms. The van der Waals surface area contributed by atoms with Crippen LogP contribution in [0.5, 0.6) is 0 Å². The summed E-state index contributed by atoms with van der Waals surface area (Å²) in [5.74, 6) is 2.49. The van der Waals surface area contributed by atoms with Crippen LogP contribution in [0.3, 0.4) is 0 Å². The van der Waals surface area contributed by atoms with E-state index in [1.165, 1.54) is 25.7 Å². The summed E-state index contributed by atoms with van der Waals surface area (Å²) in [6.07, 6.45) is 9.95. The summed E-state index contributed by atoms with van der Waals surface area (Å²) in [4.78, 5) is 8.79. The van der Waals surface area contributed by atoms with Gasteiger partial charge in [0.05, 0.1) is 12.4 Å². The van der Waals surface area contributed by atoms with Gasteiger partial charge in [-0.25, -0.2) is 4.98 Å². The number of aromatic nitrogens is 2. The molecule has 0 radical (unpaired) electrons. The lowest BCUT2D eigenvalue weighted by Crippen LogP contribution is -2.30. The summed E-state index contributed by atoms with van der Waals surface area (Å²) < 4.78 is 0. The topological polar surface area (TPSA) is 49.8 Å². The van der Waals surface area contributed by atoms with Gasteiger partial charge in [0.25, 0.3) is 0 Å². The largest absolute Gasteiger partial charge is 0.369 e. The van der Waals surface area contributed by atoms with Gasteiger partial charge in [-0.1, -0.05) is 26.7 Å². The van der Waals surface area contributed by atoms with Gasteiger partial charge < -0.3 is 10.6 Å². The minimum Gasteiger partial charge on any atom is -0.369 e. The summed E-state index contributed by atoms with van der Waals surface area (Å²) in [6, 6.07) is 0.550. The van der Waals surface area contributed by atoms with Crippen LogP contribution in [0.1, 0.15) is 46.0 Å². The first-order valence-electron chi connectivity index (χ1n) is 7.12. The van der Waals surface area contributed by atoms with Crippen molar-refractivity contribution in [3.05, 3.63) is 12.4 Å². The maximum absolute atomic E-state index is 4.55. The first-order chi connectivity index (χ1) is 8.79. The van der Waals surface area contributed by atoms with Gasteiger partial charge in [-0.3, -0.25) is 4.98 Å². The van der Waals surface area contributed by atoms with Gasteiger partial charge in [-0.2, -0.15) is 0 Å². The Balaban J connectivity index is 1.95. The Kier molecular flexibility index (Phi) is 4.79. The fourth-order valence-corrected chi connectivity index (χ4v) is 2.49. The van der Waals surface area contributed by atoms with Gasteiger partial charge in [0.15, 0.2) is 0 Å². The molecule has 100 valence electrons. The normalized spacial score (nSPS) is 23.7. The van der Waals surface area contributed by atoms with Crippen molar-refractivity contribution in [3.8, 4) is 0 Å². The van der Waals surface area contributed by atoms with Crippen LogP contribution >= 0.6 is 0 Å². The van der Waals surface area contributed by atoms with E-state index in [1.807, 2.05) is 6.20 Å². The molecule has 1 saturated carbocycles. The molecule has 1 aromatic heterocycles. The van der Waals surface area contributed by atoms with Crippen LogP contribution < -0.4 is 10.6 Å². The highest BCUT2D eigenvalue weighted by atomic mass is 15.1. The van der Waals surface area contributed by atoms with Crippen LogP contribution in [0, 0.1) is 5.92 Å². The van der Waals surface area contributed by atoms with E-state index in [0.29, 0.717) is 6.04 Å². The van der Waals surface area contributed by atoms with Crippen LogP contribution in [0.4, 0.5) is 11.6 Å². The second-order valence-corrected chi connectivity index (χ2v) is 5.23. The molecule has 1 aliphatic rings. The summed E-state index contributed by atoms with van der Waals surface area (Å²) in [5, 5.41) is 6.80. The molecule has 1 aromatic rings. The maximum atomic E-state index is 4.55. The molecule has 2 rings (SSSR count). The van der Waals surface area contributed by atoms with E-state index in [-0.39, 0.29) is 0 Å². The van der Waals surface area contributed by atoms with Crippen LogP contribution in [-0.4, -0.2) is 22.6 Å². The fraction of sp³-hybridized carbons (Fsp3) is 0.714. The molecule has 4 nitrogen and oxygen atoms in total. The Labute approximate surface area is 110 Å². The molecule has 18 heavy (non-hydrogen) atoms. The van der Waals surface area contributed by atoms with E-state index < -0.39 is 0 Å². The summed E-state index contributed by atoms with van der Waals surface area (Å²) in [5.41, 5.74) is 0. The van der Waals surface area contributed by atoms with Crippen molar-refractivity contribution in [3.63, 3.8) is 0 Å². The van der Waals surface area contributed by atoms with Crippen LogP contribution in [0.15, 0.2) is 12.4 Å². The Morgan fingerprint density at radius 3 is 2.78 bits per heavy atom. The Bertz CT molecular complexity index is 367. The zero-order valence-corrected chi connectivity index (χ0v) is 11.4. The highest BCUT2D eigenvalue weighted by Gasteiger charge is 2.21. The monoisotopic (exact) mass is 248 g/mol. The zero-order chi connectivity index (χ0) is 12.8. The number of hydrogen-bond donors (Lipinski definition) is 2. The first-order valence-corrected chi connectivity index (χ1v) is 7.12. The molecule has 1 heterocycles. The minimum absolute atomic E-state index is 0.550. The number of hydrogen-bond acceptors (Lipinski definition) is 4. The molecular formula is C14H24N4. The molecule has 1 fully saturated rings. The average molecular weight is 248 g/mol. The molecular weight excluding hydrogens is 224 g/mol. The first kappa shape index (κ1) is 13.1. The van der Waals surface area contributed by atoms with Gasteiger partial charge >= 0.3 is 0 Å². The van der Waals surface area contributed by atoms with Crippen molar-refractivity contribution in [1.29, 1.82) is 0 Å². The smallest absolute Gasteiger partial charge is 0.147 e. The highest BCUT2D eigenvalue weighted by molar-refractivity contribution is 5.42. The van der Waals surface area contributed by atoms with Crippen molar-refractivity contribution in [1.82, 2.24) is 9.97 Å². The number of rotatable bonds is 5. The lowest BCUT2D eigenvalue weighted by Gasteiger charge is -2.29. The van der Waals surface area contributed by atoms with Crippen LogP contribution in [0.25, 0.3) is 0 Å². The van der Waals surface area contributed by atoms with E-state index in [0.717, 1.165) is 30.5 Å². The predicted octanol–water partition coefficient (Wildman–Crippen LogP) is 3.29. The van der Waals surface area contributed by atoms with Gasteiger partial charge in [-0.15, -0.1) is 0 Å². The number of nitrogens with one attached hydrogen (secondary N) is 2. The molecule has 0 aromatic carbocycles. The second kappa shape index (κ2) is 6.57. The molecule has 0 amide bonds. The maximum Gasteiger partial charge on any atom is 0.147 e. The fourth-order valence-electron chi connectivity index (χ4n) is 2.49. The molecule has 0 aliphatic heterocycles. The Hall–Kier alpha value is -1.32. The molecule has 2 N–H and O–H groups in total. The second-order valence-electron chi connectivity index (χ2n) is 5.23. The van der Waals surface area contributed by atoms with Crippen molar-refractivity contribution in [2.75, 3.05) is 17.2 Å². The molecule has 1 aliphatic carbocycles. The minimum atomic E-state index is 0.550. The van der Waals surface area contributed by atoms with Gasteiger partial charge in [0.1, 0.15) is 11.6 Å². The highest BCUT2D eigenvalue weighted by Crippen LogP contribution is 2.26. The molecule has 0 bridgehead atoms. The Morgan fingerprint density at radius 1 is 1.22 bits per heavy atom. The van der Waals surface area contributed by atoms with Gasteiger partial charge in [-0.05, 0) is 25.2 Å². The molecule has 0 saturated heterocycles. The third kappa shape index (κ3) is 3.59.